The maximum atomic E-state index is 11.7. The maximum absolute atomic E-state index is 11.7. The lowest BCUT2D eigenvalue weighted by Crippen LogP contribution is -2.26. The number of aliphatic hydroxyl groups is 1. The molecule has 1 unspecified atom stereocenters. The van der Waals surface area contributed by atoms with Gasteiger partial charge >= 0.3 is 0 Å². The Kier molecular flexibility index (Phi) is 21.2. The Morgan fingerprint density at radius 2 is 1.22 bits per heavy atom. The summed E-state index contributed by atoms with van der Waals surface area (Å²) in [6.07, 6.45) is 21.8. The van der Waals surface area contributed by atoms with Gasteiger partial charge in [0, 0.05) is 19.5 Å². The van der Waals surface area contributed by atoms with E-state index in [2.05, 4.69) is 12.2 Å². The minimum Gasteiger partial charge on any atom is -0.392 e. The normalized spacial score (nSPS) is 12.3. The second-order valence-corrected chi connectivity index (χ2v) is 8.08. The zero-order valence-corrected chi connectivity index (χ0v) is 18.2. The largest absolute Gasteiger partial charge is 0.392 e. The van der Waals surface area contributed by atoms with E-state index in [9.17, 15) is 9.90 Å². The summed E-state index contributed by atoms with van der Waals surface area (Å²) in [4.78, 5) is 11.7. The highest BCUT2D eigenvalue weighted by Gasteiger charge is 2.03. The minimum atomic E-state index is -0.433. The molecule has 162 valence electrons. The third kappa shape index (κ3) is 21.5. The summed E-state index contributed by atoms with van der Waals surface area (Å²) in [6, 6.07) is 0. The highest BCUT2D eigenvalue weighted by molar-refractivity contribution is 5.75. The number of nitrogens with two attached hydrogens (primary N) is 1. The summed E-state index contributed by atoms with van der Waals surface area (Å²) < 4.78 is 0. The fourth-order valence-corrected chi connectivity index (χ4v) is 3.43. The number of rotatable bonds is 21. The molecule has 1 atom stereocenters. The van der Waals surface area contributed by atoms with Crippen LogP contribution in [0.3, 0.4) is 0 Å². The van der Waals surface area contributed by atoms with E-state index in [1.54, 1.807) is 0 Å². The Morgan fingerprint density at radius 3 is 1.67 bits per heavy atom. The van der Waals surface area contributed by atoms with Crippen LogP contribution in [0, 0.1) is 0 Å². The maximum Gasteiger partial charge on any atom is 0.219 e. The van der Waals surface area contributed by atoms with Gasteiger partial charge in [0.2, 0.25) is 5.91 Å². The Labute approximate surface area is 169 Å². The van der Waals surface area contributed by atoms with Crippen LogP contribution in [-0.2, 0) is 4.79 Å². The van der Waals surface area contributed by atoms with Gasteiger partial charge in [-0.1, -0.05) is 96.8 Å². The molecule has 0 radical (unpaired) electrons. The van der Waals surface area contributed by atoms with E-state index in [4.69, 9.17) is 5.73 Å². The van der Waals surface area contributed by atoms with Gasteiger partial charge in [0.15, 0.2) is 0 Å². The van der Waals surface area contributed by atoms with Crippen molar-refractivity contribution >= 4 is 5.91 Å². The third-order valence-corrected chi connectivity index (χ3v) is 5.32. The molecule has 0 bridgehead atoms. The van der Waals surface area contributed by atoms with Crippen molar-refractivity contribution in [1.82, 2.24) is 5.32 Å². The monoisotopic (exact) mass is 384 g/mol. The number of aliphatic hydroxyl groups excluding tert-OH is 1. The van der Waals surface area contributed by atoms with Crippen molar-refractivity contribution in [1.29, 1.82) is 0 Å². The van der Waals surface area contributed by atoms with Gasteiger partial charge in [-0.25, -0.2) is 0 Å². The molecule has 0 rings (SSSR count). The Hall–Kier alpha value is -0.610. The zero-order chi connectivity index (χ0) is 20.0. The average molecular weight is 385 g/mol. The summed E-state index contributed by atoms with van der Waals surface area (Å²) in [6.45, 7) is 3.22. The van der Waals surface area contributed by atoms with E-state index in [-0.39, 0.29) is 5.91 Å². The first-order valence-electron chi connectivity index (χ1n) is 11.9. The van der Waals surface area contributed by atoms with E-state index in [1.165, 1.54) is 83.5 Å². The number of hydrogen-bond acceptors (Lipinski definition) is 3. The number of nitrogens with one attached hydrogen (secondary N) is 1. The summed E-state index contributed by atoms with van der Waals surface area (Å²) >= 11 is 0. The topological polar surface area (TPSA) is 75.3 Å². The van der Waals surface area contributed by atoms with Crippen LogP contribution in [0.25, 0.3) is 0 Å². The first kappa shape index (κ1) is 26.4. The molecule has 0 heterocycles. The molecule has 0 aromatic heterocycles. The molecule has 0 aliphatic rings. The molecular weight excluding hydrogens is 336 g/mol. The lowest BCUT2D eigenvalue weighted by molar-refractivity contribution is -0.121. The van der Waals surface area contributed by atoms with Gasteiger partial charge in [-0.3, -0.25) is 4.79 Å². The molecule has 0 spiro atoms. The van der Waals surface area contributed by atoms with Crippen LogP contribution in [0.15, 0.2) is 0 Å². The van der Waals surface area contributed by atoms with Crippen molar-refractivity contribution in [2.75, 3.05) is 13.1 Å². The first-order valence-corrected chi connectivity index (χ1v) is 11.9. The van der Waals surface area contributed by atoms with Crippen LogP contribution in [0.2, 0.25) is 0 Å². The second-order valence-electron chi connectivity index (χ2n) is 8.08. The van der Waals surface area contributed by atoms with Crippen molar-refractivity contribution in [3.05, 3.63) is 0 Å². The van der Waals surface area contributed by atoms with Gasteiger partial charge < -0.3 is 16.2 Å². The highest BCUT2D eigenvalue weighted by atomic mass is 16.3. The number of unbranched alkanes of at least 4 members (excludes halogenated alkanes) is 14. The average Bonchev–Trinajstić information content (AvgIpc) is 2.68. The zero-order valence-electron chi connectivity index (χ0n) is 18.2. The smallest absolute Gasteiger partial charge is 0.219 e. The van der Waals surface area contributed by atoms with E-state index >= 15 is 0 Å². The molecule has 1 amide bonds. The molecular formula is C23H48N2O2. The fraction of sp³-hybridized carbons (Fsp3) is 0.957. The van der Waals surface area contributed by atoms with Crippen LogP contribution in [0.1, 0.15) is 122 Å². The quantitative estimate of drug-likeness (QED) is 0.230. The van der Waals surface area contributed by atoms with Crippen LogP contribution < -0.4 is 11.1 Å². The van der Waals surface area contributed by atoms with Crippen molar-refractivity contribution in [2.45, 2.75) is 129 Å². The molecule has 4 nitrogen and oxygen atoms in total. The van der Waals surface area contributed by atoms with Gasteiger partial charge in [-0.15, -0.1) is 0 Å². The highest BCUT2D eigenvalue weighted by Crippen LogP contribution is 2.13. The van der Waals surface area contributed by atoms with Gasteiger partial charge in [-0.2, -0.15) is 0 Å². The van der Waals surface area contributed by atoms with Crippen LogP contribution in [0.4, 0.5) is 0 Å². The van der Waals surface area contributed by atoms with Gasteiger partial charge in [0.1, 0.15) is 0 Å². The molecule has 0 aromatic rings. The summed E-state index contributed by atoms with van der Waals surface area (Å²) in [5.74, 6) is 0.145. The van der Waals surface area contributed by atoms with Crippen LogP contribution >= 0.6 is 0 Å². The molecule has 0 saturated heterocycles. The molecule has 4 heteroatoms. The molecule has 0 saturated carbocycles. The van der Waals surface area contributed by atoms with Crippen LogP contribution in [0.5, 0.6) is 0 Å². The Morgan fingerprint density at radius 1 is 0.778 bits per heavy atom. The lowest BCUT2D eigenvalue weighted by Gasteiger charge is -2.08. The lowest BCUT2D eigenvalue weighted by atomic mass is 10.0. The van der Waals surface area contributed by atoms with E-state index in [1.807, 2.05) is 0 Å². The number of carbonyl (C=O) groups is 1. The molecule has 0 fully saturated rings. The molecule has 0 aromatic carbocycles. The number of hydrogen-bond donors (Lipinski definition) is 3. The number of amides is 1. The summed E-state index contributed by atoms with van der Waals surface area (Å²) in [5, 5.41) is 12.3. The van der Waals surface area contributed by atoms with Crippen molar-refractivity contribution < 1.29 is 9.90 Å². The van der Waals surface area contributed by atoms with Gasteiger partial charge in [0.05, 0.1) is 6.10 Å². The predicted molar refractivity (Wildman–Crippen MR) is 117 cm³/mol. The van der Waals surface area contributed by atoms with Gasteiger partial charge in [0.25, 0.3) is 0 Å². The fourth-order valence-electron chi connectivity index (χ4n) is 3.43. The predicted octanol–water partition coefficient (Wildman–Crippen LogP) is 5.46. The van der Waals surface area contributed by atoms with E-state index in [0.29, 0.717) is 25.9 Å². The van der Waals surface area contributed by atoms with Crippen molar-refractivity contribution in [2.24, 2.45) is 5.73 Å². The van der Waals surface area contributed by atoms with E-state index < -0.39 is 6.10 Å². The summed E-state index contributed by atoms with van der Waals surface area (Å²) in [5.41, 5.74) is 5.35. The minimum absolute atomic E-state index is 0.145. The van der Waals surface area contributed by atoms with E-state index in [0.717, 1.165) is 19.3 Å². The summed E-state index contributed by atoms with van der Waals surface area (Å²) in [7, 11) is 0. The first-order chi connectivity index (χ1) is 13.2. The Bertz CT molecular complexity index is 311. The van der Waals surface area contributed by atoms with Crippen molar-refractivity contribution in [3.8, 4) is 0 Å². The second kappa shape index (κ2) is 21.7. The third-order valence-electron chi connectivity index (χ3n) is 5.32. The van der Waals surface area contributed by atoms with Crippen LogP contribution in [-0.4, -0.2) is 30.2 Å². The van der Waals surface area contributed by atoms with Gasteiger partial charge in [-0.05, 0) is 19.3 Å². The standard InChI is InChI=1S/C23H48N2O2/c1-2-3-4-5-6-7-8-9-10-11-12-13-14-15-16-19-23(27)25-20-17-18-22(26)21-24/h22,26H,2-21,24H2,1H3,(H,25,27). The Balaban J connectivity index is 3.14. The molecule has 4 N–H and O–H groups in total. The molecule has 0 aliphatic carbocycles. The molecule has 27 heavy (non-hydrogen) atoms. The molecule has 0 aliphatic heterocycles. The van der Waals surface area contributed by atoms with Crippen molar-refractivity contribution in [3.63, 3.8) is 0 Å². The number of carbonyl (C=O) groups excluding carboxylic acids is 1. The SMILES string of the molecule is CCCCCCCCCCCCCCCCCC(=O)NCCCC(O)CN.